The highest BCUT2D eigenvalue weighted by Gasteiger charge is 2.00. The Balaban J connectivity index is 2.14. The number of hydrogen-bond donors (Lipinski definition) is 0. The van der Waals surface area contributed by atoms with Gasteiger partial charge in [0.2, 0.25) is 0 Å². The van der Waals surface area contributed by atoms with E-state index in [0.29, 0.717) is 0 Å². The third kappa shape index (κ3) is 4.16. The van der Waals surface area contributed by atoms with Gasteiger partial charge in [0.15, 0.2) is 0 Å². The zero-order chi connectivity index (χ0) is 9.52. The second-order valence-electron chi connectivity index (χ2n) is 3.86. The molecule has 74 valence electrons. The molecule has 13 heavy (non-hydrogen) atoms. The molecule has 0 spiro atoms. The van der Waals surface area contributed by atoms with Crippen LogP contribution in [0.5, 0.6) is 0 Å². The highest BCUT2D eigenvalue weighted by Crippen LogP contribution is 2.12. The zero-order valence-corrected chi connectivity index (χ0v) is 8.92. The van der Waals surface area contributed by atoms with Gasteiger partial charge in [-0.15, -0.1) is 0 Å². The molecule has 0 amide bonds. The van der Waals surface area contributed by atoms with Crippen molar-refractivity contribution in [3.63, 3.8) is 0 Å². The molecule has 0 saturated heterocycles. The monoisotopic (exact) mass is 179 g/mol. The quantitative estimate of drug-likeness (QED) is 0.582. The van der Waals surface area contributed by atoms with Crippen LogP contribution in [0.1, 0.15) is 46.0 Å². The van der Waals surface area contributed by atoms with Gasteiger partial charge >= 0.3 is 0 Å². The first-order valence-electron chi connectivity index (χ1n) is 5.42. The minimum atomic E-state index is 1.13. The summed E-state index contributed by atoms with van der Waals surface area (Å²) in [4.78, 5) is 2.31. The lowest BCUT2D eigenvalue weighted by Gasteiger charge is -2.19. The molecule has 1 heterocycles. The van der Waals surface area contributed by atoms with Gasteiger partial charge in [-0.05, 0) is 26.0 Å². The number of rotatable bonds is 5. The highest BCUT2D eigenvalue weighted by atomic mass is 15.1. The van der Waals surface area contributed by atoms with Crippen LogP contribution >= 0.6 is 0 Å². The van der Waals surface area contributed by atoms with E-state index in [4.69, 9.17) is 0 Å². The number of nitrogens with zero attached hydrogens (tertiary/aromatic N) is 1. The van der Waals surface area contributed by atoms with E-state index in [1.165, 1.54) is 37.8 Å². The maximum atomic E-state index is 2.31. The summed E-state index contributed by atoms with van der Waals surface area (Å²) in [5.74, 6) is 0. The smallest absolute Gasteiger partial charge is 0.0219 e. The van der Waals surface area contributed by atoms with E-state index >= 15 is 0 Å². The Morgan fingerprint density at radius 3 is 2.85 bits per heavy atom. The van der Waals surface area contributed by atoms with Crippen molar-refractivity contribution in [3.05, 3.63) is 24.0 Å². The lowest BCUT2D eigenvalue weighted by Crippen LogP contribution is -2.14. The lowest BCUT2D eigenvalue weighted by atomic mass is 10.1. The number of unbranched alkanes of at least 4 members (excludes halogenated alkanes) is 3. The van der Waals surface area contributed by atoms with E-state index < -0.39 is 0 Å². The van der Waals surface area contributed by atoms with Gasteiger partial charge < -0.3 is 4.90 Å². The summed E-state index contributed by atoms with van der Waals surface area (Å²) in [5.41, 5.74) is 1.47. The predicted molar refractivity (Wildman–Crippen MR) is 58.4 cm³/mol. The van der Waals surface area contributed by atoms with Crippen LogP contribution < -0.4 is 0 Å². The van der Waals surface area contributed by atoms with Crippen LogP contribution in [0.2, 0.25) is 0 Å². The summed E-state index contributed by atoms with van der Waals surface area (Å²) >= 11 is 0. The maximum Gasteiger partial charge on any atom is 0.0219 e. The van der Waals surface area contributed by atoms with Crippen LogP contribution in [0, 0.1) is 0 Å². The molecule has 0 fully saturated rings. The fourth-order valence-electron chi connectivity index (χ4n) is 1.61. The first-order valence-corrected chi connectivity index (χ1v) is 5.42. The average molecular weight is 179 g/mol. The molecule has 1 nitrogen and oxygen atoms in total. The second kappa shape index (κ2) is 5.85. The summed E-state index contributed by atoms with van der Waals surface area (Å²) < 4.78 is 0. The van der Waals surface area contributed by atoms with Gasteiger partial charge in [0, 0.05) is 12.7 Å². The van der Waals surface area contributed by atoms with Crippen LogP contribution in [0.4, 0.5) is 0 Å². The van der Waals surface area contributed by atoms with Gasteiger partial charge in [0.05, 0.1) is 0 Å². The molecule has 0 bridgehead atoms. The molecule has 0 aliphatic carbocycles. The Hall–Kier alpha value is -0.720. The highest BCUT2D eigenvalue weighted by molar-refractivity contribution is 5.10. The normalized spacial score (nSPS) is 16.2. The van der Waals surface area contributed by atoms with E-state index in [1.54, 1.807) is 0 Å². The Morgan fingerprint density at radius 1 is 1.31 bits per heavy atom. The molecule has 0 aromatic rings. The molecule has 0 aromatic heterocycles. The third-order valence-electron chi connectivity index (χ3n) is 2.39. The Bertz CT molecular complexity index is 191. The van der Waals surface area contributed by atoms with Crippen LogP contribution in [-0.2, 0) is 0 Å². The standard InChI is InChI=1S/C12H21N/c1-3-4-5-6-9-13-10-7-8-12(2)11-13/h7,10-11H,3-6,8-9H2,1-2H3. The first-order chi connectivity index (χ1) is 6.33. The van der Waals surface area contributed by atoms with Crippen molar-refractivity contribution < 1.29 is 0 Å². The van der Waals surface area contributed by atoms with Crippen molar-refractivity contribution in [1.82, 2.24) is 4.90 Å². The van der Waals surface area contributed by atoms with Gasteiger partial charge in [-0.1, -0.05) is 37.8 Å². The molecule has 0 N–H and O–H groups in total. The van der Waals surface area contributed by atoms with E-state index in [2.05, 4.69) is 37.2 Å². The molecule has 1 aliphatic heterocycles. The van der Waals surface area contributed by atoms with Gasteiger partial charge in [0.25, 0.3) is 0 Å². The summed E-state index contributed by atoms with van der Waals surface area (Å²) in [5, 5.41) is 0. The third-order valence-corrected chi connectivity index (χ3v) is 2.39. The predicted octanol–water partition coefficient (Wildman–Crippen LogP) is 3.69. The first kappa shape index (κ1) is 10.4. The maximum absolute atomic E-state index is 2.31. The average Bonchev–Trinajstić information content (AvgIpc) is 2.13. The summed E-state index contributed by atoms with van der Waals surface area (Å²) in [7, 11) is 0. The Labute approximate surface area is 82.1 Å². The van der Waals surface area contributed by atoms with Crippen molar-refractivity contribution >= 4 is 0 Å². The Morgan fingerprint density at radius 2 is 2.15 bits per heavy atom. The summed E-state index contributed by atoms with van der Waals surface area (Å²) in [6.45, 7) is 5.64. The molecule has 1 heteroatoms. The number of hydrogen-bond acceptors (Lipinski definition) is 1. The van der Waals surface area contributed by atoms with Crippen molar-refractivity contribution in [2.75, 3.05) is 6.54 Å². The Kier molecular flexibility index (Phi) is 4.66. The van der Waals surface area contributed by atoms with Gasteiger partial charge in [-0.25, -0.2) is 0 Å². The molecule has 0 aromatic carbocycles. The summed E-state index contributed by atoms with van der Waals surface area (Å²) in [6, 6.07) is 0. The fraction of sp³-hybridized carbons (Fsp3) is 0.667. The lowest BCUT2D eigenvalue weighted by molar-refractivity contribution is 0.461. The van der Waals surface area contributed by atoms with Crippen LogP contribution in [-0.4, -0.2) is 11.4 Å². The van der Waals surface area contributed by atoms with Gasteiger partial charge in [0.1, 0.15) is 0 Å². The van der Waals surface area contributed by atoms with E-state index in [1.807, 2.05) is 0 Å². The van der Waals surface area contributed by atoms with Crippen molar-refractivity contribution in [1.29, 1.82) is 0 Å². The molecule has 0 saturated carbocycles. The van der Waals surface area contributed by atoms with Crippen LogP contribution in [0.3, 0.4) is 0 Å². The van der Waals surface area contributed by atoms with E-state index in [9.17, 15) is 0 Å². The molecular formula is C12H21N. The zero-order valence-electron chi connectivity index (χ0n) is 8.92. The molecule has 1 aliphatic rings. The molecule has 0 radical (unpaired) electrons. The minimum absolute atomic E-state index is 1.13. The molecule has 0 unspecified atom stereocenters. The molecule has 1 rings (SSSR count). The van der Waals surface area contributed by atoms with Crippen molar-refractivity contribution in [3.8, 4) is 0 Å². The van der Waals surface area contributed by atoms with Crippen LogP contribution in [0.15, 0.2) is 24.0 Å². The van der Waals surface area contributed by atoms with E-state index in [0.717, 1.165) is 6.42 Å². The van der Waals surface area contributed by atoms with Gasteiger partial charge in [-0.2, -0.15) is 0 Å². The second-order valence-corrected chi connectivity index (χ2v) is 3.86. The summed E-state index contributed by atoms with van der Waals surface area (Å²) in [6.07, 6.45) is 13.2. The topological polar surface area (TPSA) is 3.24 Å². The SMILES string of the molecule is CCCCCCN1C=CCC(C)=C1. The van der Waals surface area contributed by atoms with Crippen LogP contribution in [0.25, 0.3) is 0 Å². The van der Waals surface area contributed by atoms with Gasteiger partial charge in [-0.3, -0.25) is 0 Å². The largest absolute Gasteiger partial charge is 0.355 e. The van der Waals surface area contributed by atoms with Crippen molar-refractivity contribution in [2.45, 2.75) is 46.0 Å². The molecular weight excluding hydrogens is 158 g/mol. The fourth-order valence-corrected chi connectivity index (χ4v) is 1.61. The molecule has 0 atom stereocenters. The number of allylic oxidation sites excluding steroid dienone is 2. The minimum Gasteiger partial charge on any atom is -0.355 e. The van der Waals surface area contributed by atoms with Crippen molar-refractivity contribution in [2.24, 2.45) is 0 Å². The van der Waals surface area contributed by atoms with E-state index in [-0.39, 0.29) is 0 Å².